The lowest BCUT2D eigenvalue weighted by molar-refractivity contribution is -0.116. The number of nitrogens with one attached hydrogen (secondary N) is 3. The van der Waals surface area contributed by atoms with E-state index in [9.17, 15) is 14.4 Å². The molecule has 0 spiro atoms. The number of carbonyl (C=O) groups is 3. The number of aryl methyl sites for hydroxylation is 2. The molecule has 0 aliphatic carbocycles. The van der Waals surface area contributed by atoms with E-state index in [1.165, 1.54) is 11.8 Å². The summed E-state index contributed by atoms with van der Waals surface area (Å²) < 4.78 is 0. The fourth-order valence-electron chi connectivity index (χ4n) is 4.68. The minimum Gasteiger partial charge on any atom is -0.325 e. The van der Waals surface area contributed by atoms with Crippen molar-refractivity contribution in [3.63, 3.8) is 0 Å². The van der Waals surface area contributed by atoms with Gasteiger partial charge in [0.15, 0.2) is 0 Å². The Morgan fingerprint density at radius 3 is 2.20 bits per heavy atom. The molecule has 46 heavy (non-hydrogen) atoms. The Kier molecular flexibility index (Phi) is 10.7. The number of anilines is 2. The van der Waals surface area contributed by atoms with Gasteiger partial charge in [-0.1, -0.05) is 102 Å². The normalized spacial score (nSPS) is 11.8. The summed E-state index contributed by atoms with van der Waals surface area (Å²) in [5, 5.41) is 8.67. The van der Waals surface area contributed by atoms with E-state index in [0.29, 0.717) is 22.0 Å². The first-order valence-corrected chi connectivity index (χ1v) is 15.9. The van der Waals surface area contributed by atoms with Gasteiger partial charge in [0.05, 0.1) is 0 Å². The molecule has 0 fully saturated rings. The predicted molar refractivity (Wildman–Crippen MR) is 188 cm³/mol. The summed E-state index contributed by atoms with van der Waals surface area (Å²) in [7, 11) is 0. The van der Waals surface area contributed by atoms with Gasteiger partial charge in [-0.3, -0.25) is 14.4 Å². The first-order chi connectivity index (χ1) is 22.2. The van der Waals surface area contributed by atoms with Crippen LogP contribution in [0.25, 0.3) is 6.08 Å². The Balaban J connectivity index is 1.38. The van der Waals surface area contributed by atoms with E-state index in [2.05, 4.69) is 16.0 Å². The highest BCUT2D eigenvalue weighted by Crippen LogP contribution is 2.37. The van der Waals surface area contributed by atoms with Crippen LogP contribution in [0.2, 0.25) is 5.02 Å². The van der Waals surface area contributed by atoms with E-state index in [1.54, 1.807) is 54.6 Å². The first-order valence-electron chi connectivity index (χ1n) is 14.6. The van der Waals surface area contributed by atoms with Crippen LogP contribution in [0.1, 0.15) is 37.9 Å². The summed E-state index contributed by atoms with van der Waals surface area (Å²) in [6.45, 7) is 3.87. The Morgan fingerprint density at radius 1 is 0.739 bits per heavy atom. The van der Waals surface area contributed by atoms with Crippen molar-refractivity contribution in [1.82, 2.24) is 5.32 Å². The number of carbonyl (C=O) groups excluding carboxylic acids is 3. The highest BCUT2D eigenvalue weighted by molar-refractivity contribution is 8.00. The van der Waals surface area contributed by atoms with Gasteiger partial charge in [0, 0.05) is 26.9 Å². The van der Waals surface area contributed by atoms with Gasteiger partial charge in [-0.05, 0) is 79.1 Å². The molecule has 1 atom stereocenters. The molecule has 3 N–H and O–H groups in total. The molecule has 0 bridgehead atoms. The maximum atomic E-state index is 13.7. The molecule has 0 saturated carbocycles. The lowest BCUT2D eigenvalue weighted by Crippen LogP contribution is -2.30. The maximum absolute atomic E-state index is 13.7. The summed E-state index contributed by atoms with van der Waals surface area (Å²) in [4.78, 5) is 41.1. The van der Waals surface area contributed by atoms with Crippen LogP contribution in [0.4, 0.5) is 11.4 Å². The lowest BCUT2D eigenvalue weighted by atomic mass is 10.1. The molecule has 8 heteroatoms. The molecule has 0 aliphatic rings. The molecule has 230 valence electrons. The van der Waals surface area contributed by atoms with Gasteiger partial charge in [-0.2, -0.15) is 0 Å². The fraction of sp³-hybridized carbons (Fsp3) is 0.0789. The average Bonchev–Trinajstić information content (AvgIpc) is 3.06. The molecule has 5 rings (SSSR count). The summed E-state index contributed by atoms with van der Waals surface area (Å²) >= 11 is 7.56. The molecule has 1 unspecified atom stereocenters. The monoisotopic (exact) mass is 645 g/mol. The van der Waals surface area contributed by atoms with Gasteiger partial charge in [-0.25, -0.2) is 0 Å². The highest BCUT2D eigenvalue weighted by atomic mass is 35.5. The molecule has 5 aromatic rings. The predicted octanol–water partition coefficient (Wildman–Crippen LogP) is 8.84. The van der Waals surface area contributed by atoms with Crippen molar-refractivity contribution in [3.8, 4) is 0 Å². The topological polar surface area (TPSA) is 87.3 Å². The van der Waals surface area contributed by atoms with Crippen LogP contribution < -0.4 is 16.0 Å². The smallest absolute Gasteiger partial charge is 0.272 e. The number of rotatable bonds is 10. The van der Waals surface area contributed by atoms with Crippen LogP contribution in [-0.2, 0) is 9.59 Å². The largest absolute Gasteiger partial charge is 0.325 e. The van der Waals surface area contributed by atoms with Crippen LogP contribution in [0.15, 0.2) is 138 Å². The van der Waals surface area contributed by atoms with E-state index in [1.807, 2.05) is 92.7 Å². The van der Waals surface area contributed by atoms with Gasteiger partial charge < -0.3 is 16.0 Å². The third kappa shape index (κ3) is 8.75. The van der Waals surface area contributed by atoms with E-state index in [4.69, 9.17) is 11.6 Å². The fourth-order valence-corrected chi connectivity index (χ4v) is 5.93. The second kappa shape index (κ2) is 15.3. The lowest BCUT2D eigenvalue weighted by Gasteiger charge is -2.19. The second-order valence-corrected chi connectivity index (χ2v) is 12.2. The molecule has 5 aromatic carbocycles. The second-order valence-electron chi connectivity index (χ2n) is 10.6. The van der Waals surface area contributed by atoms with Crippen molar-refractivity contribution >= 4 is 58.5 Å². The van der Waals surface area contributed by atoms with E-state index >= 15 is 0 Å². The number of benzene rings is 5. The molecule has 0 aliphatic heterocycles. The van der Waals surface area contributed by atoms with Crippen LogP contribution in [0.5, 0.6) is 0 Å². The molecule has 0 heterocycles. The summed E-state index contributed by atoms with van der Waals surface area (Å²) in [6, 6.07) is 38.5. The summed E-state index contributed by atoms with van der Waals surface area (Å²) in [6.07, 6.45) is 1.65. The standard InChI is InChI=1S/C38H32ClN3O3S/c1-25-11-9-12-27(21-25)22-34(42-36(43)29-15-7-4-8-16-29)37(44)40-31-17-10-18-32(24-31)46-35(28-13-5-3-6-14-28)38(45)41-33-23-30(39)20-19-26(33)2/h3-24,35H,1-2H3,(H,40,44)(H,41,45)(H,42,43)/b34-22+. The Hall–Kier alpha value is -5.11. The quantitative estimate of drug-likeness (QED) is 0.105. The zero-order valence-electron chi connectivity index (χ0n) is 25.3. The molecule has 0 radical (unpaired) electrons. The van der Waals surface area contributed by atoms with Crippen LogP contribution in [-0.4, -0.2) is 17.7 Å². The SMILES string of the molecule is Cc1cccc(/C=C(/NC(=O)c2ccccc2)C(=O)Nc2cccc(SC(C(=O)Nc3cc(Cl)ccc3C)c3ccccc3)c2)c1. The van der Waals surface area contributed by atoms with Crippen LogP contribution >= 0.6 is 23.4 Å². The third-order valence-electron chi connectivity index (χ3n) is 7.03. The number of halogens is 1. The minimum atomic E-state index is -0.590. The Bertz CT molecular complexity index is 1890. The van der Waals surface area contributed by atoms with Crippen molar-refractivity contribution in [2.24, 2.45) is 0 Å². The molecule has 0 aromatic heterocycles. The van der Waals surface area contributed by atoms with E-state index in [-0.39, 0.29) is 11.6 Å². The number of hydrogen-bond acceptors (Lipinski definition) is 4. The van der Waals surface area contributed by atoms with Crippen molar-refractivity contribution in [2.45, 2.75) is 24.0 Å². The number of amides is 3. The Morgan fingerprint density at radius 2 is 1.46 bits per heavy atom. The zero-order chi connectivity index (χ0) is 32.5. The number of thioether (sulfide) groups is 1. The van der Waals surface area contributed by atoms with Crippen molar-refractivity contribution in [1.29, 1.82) is 0 Å². The first kappa shape index (κ1) is 32.3. The van der Waals surface area contributed by atoms with Crippen molar-refractivity contribution in [2.75, 3.05) is 10.6 Å². The van der Waals surface area contributed by atoms with Crippen LogP contribution in [0.3, 0.4) is 0 Å². The minimum absolute atomic E-state index is 0.0935. The summed E-state index contributed by atoms with van der Waals surface area (Å²) in [5.74, 6) is -1.09. The molecule has 6 nitrogen and oxygen atoms in total. The maximum Gasteiger partial charge on any atom is 0.272 e. The van der Waals surface area contributed by atoms with Crippen molar-refractivity contribution < 1.29 is 14.4 Å². The summed E-state index contributed by atoms with van der Waals surface area (Å²) in [5.41, 5.74) is 5.20. The highest BCUT2D eigenvalue weighted by Gasteiger charge is 2.23. The van der Waals surface area contributed by atoms with Crippen LogP contribution in [0, 0.1) is 13.8 Å². The molecule has 3 amide bonds. The van der Waals surface area contributed by atoms with Crippen molar-refractivity contribution in [3.05, 3.63) is 166 Å². The number of hydrogen-bond donors (Lipinski definition) is 3. The van der Waals surface area contributed by atoms with Gasteiger partial charge in [-0.15, -0.1) is 11.8 Å². The molecule has 0 saturated heterocycles. The average molecular weight is 646 g/mol. The third-order valence-corrected chi connectivity index (χ3v) is 8.51. The molecular weight excluding hydrogens is 614 g/mol. The van der Waals surface area contributed by atoms with E-state index < -0.39 is 17.1 Å². The Labute approximate surface area is 277 Å². The van der Waals surface area contributed by atoms with Gasteiger partial charge in [0.25, 0.3) is 11.8 Å². The molecular formula is C38H32ClN3O3S. The van der Waals surface area contributed by atoms with E-state index in [0.717, 1.165) is 27.1 Å². The zero-order valence-corrected chi connectivity index (χ0v) is 26.9. The van der Waals surface area contributed by atoms with Gasteiger partial charge in [0.2, 0.25) is 5.91 Å². The van der Waals surface area contributed by atoms with Gasteiger partial charge in [0.1, 0.15) is 10.9 Å². The van der Waals surface area contributed by atoms with Gasteiger partial charge >= 0.3 is 0 Å².